The topological polar surface area (TPSA) is 6.48 Å². The van der Waals surface area contributed by atoms with Crippen LogP contribution in [0.25, 0.3) is 105 Å². The Bertz CT molecular complexity index is 6090. The van der Waals surface area contributed by atoms with Crippen LogP contribution in [0.4, 0.5) is 34.1 Å². The van der Waals surface area contributed by atoms with E-state index in [1.54, 1.807) is 0 Å². The lowest BCUT2D eigenvalue weighted by atomic mass is 9.33. The molecular weight excluding hydrogens is 1290 g/mol. The third-order valence-electron chi connectivity index (χ3n) is 23.9. The van der Waals surface area contributed by atoms with Gasteiger partial charge in [-0.3, -0.25) is 0 Å². The lowest BCUT2D eigenvalue weighted by molar-refractivity contribution is 0.500. The maximum atomic E-state index is 2.71. The van der Waals surface area contributed by atoms with E-state index in [4.69, 9.17) is 0 Å². The molecule has 0 saturated carbocycles. The molecule has 3 heteroatoms. The van der Waals surface area contributed by atoms with E-state index in [-0.39, 0.29) is 34.8 Å². The molecule has 2 atom stereocenters. The largest absolute Gasteiger partial charge is 0.310 e. The van der Waals surface area contributed by atoms with Gasteiger partial charge in [0.05, 0.1) is 11.4 Å². The van der Waals surface area contributed by atoms with E-state index in [0.717, 1.165) is 95.3 Å². The molecular formula is C104H83BN2. The molecule has 14 aromatic carbocycles. The molecule has 0 spiro atoms. The minimum atomic E-state index is -0.217. The molecule has 14 aromatic rings. The number of fused-ring (bicyclic) bond motifs is 4. The Morgan fingerprint density at radius 1 is 0.280 bits per heavy atom. The van der Waals surface area contributed by atoms with Gasteiger partial charge in [0.2, 0.25) is 0 Å². The first-order valence-electron chi connectivity index (χ1n) is 38.3. The highest BCUT2D eigenvalue weighted by Crippen LogP contribution is 2.57. The van der Waals surface area contributed by atoms with Gasteiger partial charge in [0.25, 0.3) is 6.71 Å². The van der Waals surface area contributed by atoms with Gasteiger partial charge >= 0.3 is 0 Å². The molecule has 0 fully saturated rings. The highest BCUT2D eigenvalue weighted by Gasteiger charge is 2.47. The smallest absolute Gasteiger partial charge is 0.252 e. The zero-order chi connectivity index (χ0) is 72.4. The van der Waals surface area contributed by atoms with Crippen LogP contribution in [0.3, 0.4) is 0 Å². The average Bonchev–Trinajstić information content (AvgIpc) is 0.685. The predicted octanol–water partition coefficient (Wildman–Crippen LogP) is 26.2. The van der Waals surface area contributed by atoms with Crippen LogP contribution < -0.4 is 26.2 Å². The van der Waals surface area contributed by atoms with Gasteiger partial charge in [-0.2, -0.15) is 0 Å². The summed E-state index contributed by atoms with van der Waals surface area (Å²) in [6.07, 6.45) is 19.6. The zero-order valence-corrected chi connectivity index (χ0v) is 62.3. The lowest BCUT2D eigenvalue weighted by Crippen LogP contribution is -2.61. The minimum absolute atomic E-state index is 0.0238. The molecule has 0 N–H and O–H groups in total. The van der Waals surface area contributed by atoms with Gasteiger partial charge in [-0.1, -0.05) is 354 Å². The summed E-state index contributed by atoms with van der Waals surface area (Å²) in [6.45, 7) is 20.7. The van der Waals surface area contributed by atoms with E-state index in [2.05, 4.69) is 400 Å². The van der Waals surface area contributed by atoms with Crippen LogP contribution in [0.5, 0.6) is 0 Å². The Balaban J connectivity index is 0.898. The Morgan fingerprint density at radius 3 is 1.12 bits per heavy atom. The fourth-order valence-electron chi connectivity index (χ4n) is 18.5. The van der Waals surface area contributed by atoms with Crippen molar-refractivity contribution in [3.63, 3.8) is 0 Å². The average molecular weight is 1370 g/mol. The highest BCUT2D eigenvalue weighted by atomic mass is 15.2. The van der Waals surface area contributed by atoms with Gasteiger partial charge in [0.1, 0.15) is 0 Å². The zero-order valence-electron chi connectivity index (χ0n) is 62.3. The number of benzene rings is 14. The van der Waals surface area contributed by atoms with Crippen LogP contribution in [0, 0.1) is 17.3 Å². The maximum Gasteiger partial charge on any atom is 0.252 e. The molecule has 512 valence electrons. The SMILES string of the molecule is CC(C)(C)C1=CC2=CC=C3C=C(c4ccc5c(c4)N(c4c(-c6ccccc6)cccc4-c4ccccc4)c4cc(-c6ccc(C(C)(C)C)cc6)cc6c4B5c4ccc(-c5cc7ccc8cc(C(C)(C)C)cc9ccc(c5)c7c89)cc4N6c4c(-c5ccccc5)cccc4-c4ccccc4)C=C4C=CC(=C1)C2C34. The molecule has 2 heterocycles. The molecule has 20 rings (SSSR count). The summed E-state index contributed by atoms with van der Waals surface area (Å²) in [7, 11) is 0. The first-order valence-corrected chi connectivity index (χ1v) is 38.3. The van der Waals surface area contributed by atoms with E-state index < -0.39 is 0 Å². The van der Waals surface area contributed by atoms with Crippen molar-refractivity contribution in [2.75, 3.05) is 9.80 Å². The second-order valence-corrected chi connectivity index (χ2v) is 33.6. The van der Waals surface area contributed by atoms with Crippen LogP contribution in [0.1, 0.15) is 79.0 Å². The summed E-state index contributed by atoms with van der Waals surface area (Å²) in [4.78, 5) is 5.42. The monoisotopic (exact) mass is 1370 g/mol. The van der Waals surface area contributed by atoms with Crippen molar-refractivity contribution in [3.05, 3.63) is 372 Å². The molecule has 107 heavy (non-hydrogen) atoms. The summed E-state index contributed by atoms with van der Waals surface area (Å²) in [5, 5.41) is 7.74. The number of hydrogen-bond donors (Lipinski definition) is 0. The van der Waals surface area contributed by atoms with Gasteiger partial charge in [-0.15, -0.1) is 0 Å². The van der Waals surface area contributed by atoms with E-state index >= 15 is 0 Å². The van der Waals surface area contributed by atoms with Gasteiger partial charge in [0.15, 0.2) is 0 Å². The molecule has 2 aliphatic heterocycles. The van der Waals surface area contributed by atoms with E-state index in [1.165, 1.54) is 104 Å². The predicted molar refractivity (Wildman–Crippen MR) is 458 cm³/mol. The third-order valence-corrected chi connectivity index (χ3v) is 23.9. The number of anilines is 6. The van der Waals surface area contributed by atoms with Crippen LogP contribution in [0.2, 0.25) is 0 Å². The van der Waals surface area contributed by atoms with Crippen LogP contribution in [-0.2, 0) is 10.8 Å². The molecule has 0 radical (unpaired) electrons. The molecule has 0 amide bonds. The second-order valence-electron chi connectivity index (χ2n) is 33.6. The summed E-state index contributed by atoms with van der Waals surface area (Å²) in [6, 6.07) is 107. The van der Waals surface area contributed by atoms with Gasteiger partial charge in [-0.25, -0.2) is 0 Å². The normalized spacial score (nSPS) is 16.3. The van der Waals surface area contributed by atoms with Crippen molar-refractivity contribution in [1.82, 2.24) is 0 Å². The second kappa shape index (κ2) is 24.3. The van der Waals surface area contributed by atoms with Crippen molar-refractivity contribution < 1.29 is 0 Å². The fourth-order valence-corrected chi connectivity index (χ4v) is 18.5. The van der Waals surface area contributed by atoms with Crippen LogP contribution >= 0.6 is 0 Å². The fraction of sp³-hybridized carbons (Fsp3) is 0.135. The molecule has 0 aromatic heterocycles. The number of hydrogen-bond acceptors (Lipinski definition) is 2. The molecule has 6 aliphatic rings. The summed E-state index contributed by atoms with van der Waals surface area (Å²) < 4.78 is 0. The van der Waals surface area contributed by atoms with Crippen molar-refractivity contribution in [2.45, 2.75) is 73.1 Å². The Morgan fingerprint density at radius 2 is 0.673 bits per heavy atom. The van der Waals surface area contributed by atoms with Crippen molar-refractivity contribution in [2.24, 2.45) is 17.3 Å². The summed E-state index contributed by atoms with van der Waals surface area (Å²) in [5.41, 5.74) is 36.5. The maximum absolute atomic E-state index is 2.71. The van der Waals surface area contributed by atoms with Crippen LogP contribution in [-0.4, -0.2) is 6.71 Å². The Kier molecular flexibility index (Phi) is 14.6. The third kappa shape index (κ3) is 10.6. The number of rotatable bonds is 9. The summed E-state index contributed by atoms with van der Waals surface area (Å²) in [5.74, 6) is 0.538. The van der Waals surface area contributed by atoms with E-state index in [9.17, 15) is 0 Å². The van der Waals surface area contributed by atoms with Gasteiger partial charge in [-0.05, 0) is 196 Å². The van der Waals surface area contributed by atoms with Crippen LogP contribution in [0.15, 0.2) is 356 Å². The number of allylic oxidation sites excluding steroid dienone is 14. The van der Waals surface area contributed by atoms with Gasteiger partial charge in [0, 0.05) is 56.8 Å². The van der Waals surface area contributed by atoms with E-state index in [0.29, 0.717) is 0 Å². The molecule has 4 aliphatic carbocycles. The Hall–Kier alpha value is -12.0. The first kappa shape index (κ1) is 64.6. The van der Waals surface area contributed by atoms with Crippen molar-refractivity contribution in [3.8, 4) is 66.8 Å². The molecule has 0 bridgehead atoms. The van der Waals surface area contributed by atoms with Crippen molar-refractivity contribution >= 4 is 95.1 Å². The van der Waals surface area contributed by atoms with Crippen molar-refractivity contribution in [1.29, 1.82) is 0 Å². The summed E-state index contributed by atoms with van der Waals surface area (Å²) >= 11 is 0. The first-order chi connectivity index (χ1) is 51.9. The number of nitrogens with zero attached hydrogens (tertiary/aromatic N) is 2. The lowest BCUT2D eigenvalue weighted by Gasteiger charge is -2.46. The number of para-hydroxylation sites is 2. The molecule has 0 saturated heterocycles. The Labute approximate surface area is 630 Å². The standard InChI is InChI=1S/C104H83BN2/c1-102(2,3)82-48-44-64(45-49-82)81-62-93-99-94(63-81)107(101-87(67-28-18-12-19-29-67)34-23-35-88(101)68-30-20-13-21-31-68)92-61-70(80-54-73-38-42-77-58-84(104(7,8)9)59-78-43-39-74(55-80)96(73)98(77)78)47-51-90(92)105(99)89-50-46-69(79-52-71-36-40-75-56-83(103(4,5)6)57-76-41-37-72(53-79)95(71)97(75)76)60-91(89)106(93)100-85(65-24-14-10-15-25-65)32-22-33-86(100)66-26-16-11-17-27-66/h10-63,95,97H,1-9H3. The highest BCUT2D eigenvalue weighted by molar-refractivity contribution is 7.00. The minimum Gasteiger partial charge on any atom is -0.310 e. The van der Waals surface area contributed by atoms with Gasteiger partial charge < -0.3 is 9.80 Å². The van der Waals surface area contributed by atoms with E-state index in [1.807, 2.05) is 0 Å². The quantitative estimate of drug-likeness (QED) is 0.105. The molecule has 2 nitrogen and oxygen atoms in total. The molecule has 2 unspecified atom stereocenters.